The summed E-state index contributed by atoms with van der Waals surface area (Å²) in [5.74, 6) is -0.255. The number of rotatable bonds is 2. The predicted molar refractivity (Wildman–Crippen MR) is 122 cm³/mol. The maximum Gasteiger partial charge on any atom is 0.330 e. The van der Waals surface area contributed by atoms with E-state index in [4.69, 9.17) is 13.9 Å². The Morgan fingerprint density at radius 1 is 0.966 bits per heavy atom. The highest BCUT2D eigenvalue weighted by Gasteiger charge is 2.48. The monoisotopic (exact) mass is 424 g/mol. The largest absolute Gasteiger partial charge is 0.460 e. The number of epoxide rings is 1. The molecule has 0 amide bonds. The lowest BCUT2D eigenvalue weighted by Crippen LogP contribution is -2.45. The number of hydrogen-bond donors (Lipinski definition) is 0. The number of carbonyl (C=O) groups is 1. The van der Waals surface area contributed by atoms with Gasteiger partial charge in [-0.15, -0.1) is 0 Å². The van der Waals surface area contributed by atoms with Crippen LogP contribution in [0.5, 0.6) is 0 Å². The zero-order valence-corrected chi connectivity index (χ0v) is 20.7. The first-order valence-electron chi connectivity index (χ1n) is 11.8. The van der Waals surface area contributed by atoms with Gasteiger partial charge in [0.1, 0.15) is 12.2 Å². The first-order valence-corrected chi connectivity index (χ1v) is 14.7. The Hall–Kier alpha value is -0.653. The molecule has 0 bridgehead atoms. The topological polar surface area (TPSA) is 48.1 Å². The average molecular weight is 425 g/mol. The van der Waals surface area contributed by atoms with Gasteiger partial charge in [-0.25, -0.2) is 4.79 Å². The van der Waals surface area contributed by atoms with Crippen molar-refractivity contribution >= 4 is 14.3 Å². The van der Waals surface area contributed by atoms with Gasteiger partial charge < -0.3 is 13.9 Å². The van der Waals surface area contributed by atoms with Crippen molar-refractivity contribution in [2.24, 2.45) is 0 Å². The quantitative estimate of drug-likeness (QED) is 0.286. The van der Waals surface area contributed by atoms with Gasteiger partial charge in [0.25, 0.3) is 0 Å². The SMILES string of the molecule is C[C@H]1CCCCCCCCCC[C@@H](O[Si](C)(C)C(C)(C)C)[C@H]2O[C@@H]2/C=C\C(=O)O1. The Balaban J connectivity index is 2.00. The third-order valence-electron chi connectivity index (χ3n) is 6.77. The van der Waals surface area contributed by atoms with Crippen LogP contribution in [0.1, 0.15) is 91.9 Å². The van der Waals surface area contributed by atoms with Gasteiger partial charge in [-0.2, -0.15) is 0 Å². The molecule has 2 heterocycles. The highest BCUT2D eigenvalue weighted by Crippen LogP contribution is 2.41. The van der Waals surface area contributed by atoms with E-state index in [1.165, 1.54) is 44.9 Å². The summed E-state index contributed by atoms with van der Waals surface area (Å²) >= 11 is 0. The van der Waals surface area contributed by atoms with Crippen molar-refractivity contribution in [3.05, 3.63) is 12.2 Å². The lowest BCUT2D eigenvalue weighted by Gasteiger charge is -2.39. The molecule has 2 rings (SSSR count). The molecule has 1 saturated heterocycles. The van der Waals surface area contributed by atoms with Crippen LogP contribution < -0.4 is 0 Å². The van der Waals surface area contributed by atoms with Crippen LogP contribution in [0.25, 0.3) is 0 Å². The van der Waals surface area contributed by atoms with Crippen molar-refractivity contribution in [2.75, 3.05) is 0 Å². The van der Waals surface area contributed by atoms with Gasteiger partial charge in [0.15, 0.2) is 8.32 Å². The highest BCUT2D eigenvalue weighted by molar-refractivity contribution is 6.74. The lowest BCUT2D eigenvalue weighted by atomic mass is 10.0. The highest BCUT2D eigenvalue weighted by atomic mass is 28.4. The molecule has 168 valence electrons. The first-order chi connectivity index (χ1) is 13.6. The molecule has 4 nitrogen and oxygen atoms in total. The van der Waals surface area contributed by atoms with Crippen molar-refractivity contribution < 1.29 is 18.7 Å². The Kier molecular flexibility index (Phi) is 9.42. The summed E-state index contributed by atoms with van der Waals surface area (Å²) in [7, 11) is -1.86. The van der Waals surface area contributed by atoms with E-state index in [1.807, 2.05) is 13.0 Å². The van der Waals surface area contributed by atoms with Gasteiger partial charge >= 0.3 is 5.97 Å². The fraction of sp³-hybridized carbons (Fsp3) is 0.875. The minimum Gasteiger partial charge on any atom is -0.460 e. The fourth-order valence-electron chi connectivity index (χ4n) is 3.74. The number of hydrogen-bond acceptors (Lipinski definition) is 4. The van der Waals surface area contributed by atoms with E-state index in [-0.39, 0.29) is 35.4 Å². The molecule has 0 saturated carbocycles. The van der Waals surface area contributed by atoms with Crippen molar-refractivity contribution in [1.82, 2.24) is 0 Å². The van der Waals surface area contributed by atoms with Crippen molar-refractivity contribution in [2.45, 2.75) is 134 Å². The molecule has 1 fully saturated rings. The summed E-state index contributed by atoms with van der Waals surface area (Å²) in [6.07, 6.45) is 15.6. The molecule has 0 aromatic carbocycles. The summed E-state index contributed by atoms with van der Waals surface area (Å²) in [5, 5.41) is 0.180. The molecule has 0 aliphatic carbocycles. The van der Waals surface area contributed by atoms with E-state index < -0.39 is 8.32 Å². The molecule has 0 aromatic rings. The second-order valence-electron chi connectivity index (χ2n) is 10.5. The minimum atomic E-state index is -1.86. The number of fused-ring (bicyclic) bond motifs is 1. The molecule has 4 atom stereocenters. The van der Waals surface area contributed by atoms with Crippen LogP contribution in [0.4, 0.5) is 0 Å². The molecular weight excluding hydrogens is 380 g/mol. The van der Waals surface area contributed by atoms with Crippen LogP contribution in [0.2, 0.25) is 18.1 Å². The van der Waals surface area contributed by atoms with Crippen molar-refractivity contribution in [3.8, 4) is 0 Å². The summed E-state index contributed by atoms with van der Waals surface area (Å²) in [6, 6.07) is 0. The maximum absolute atomic E-state index is 12.1. The van der Waals surface area contributed by atoms with Crippen LogP contribution >= 0.6 is 0 Å². The van der Waals surface area contributed by atoms with Crippen LogP contribution in [-0.2, 0) is 18.7 Å². The number of cyclic esters (lactones) is 1. The molecule has 0 N–H and O–H groups in total. The second-order valence-corrected chi connectivity index (χ2v) is 15.3. The molecule has 0 radical (unpaired) electrons. The molecule has 2 aliphatic rings. The normalized spacial score (nSPS) is 32.4. The maximum atomic E-state index is 12.1. The molecule has 29 heavy (non-hydrogen) atoms. The summed E-state index contributed by atoms with van der Waals surface area (Å²) in [5.41, 5.74) is 0. The summed E-state index contributed by atoms with van der Waals surface area (Å²) in [6.45, 7) is 13.5. The van der Waals surface area contributed by atoms with Crippen LogP contribution in [0, 0.1) is 0 Å². The van der Waals surface area contributed by atoms with Gasteiger partial charge in [-0.3, -0.25) is 0 Å². The van der Waals surface area contributed by atoms with Gasteiger partial charge in [0.2, 0.25) is 0 Å². The van der Waals surface area contributed by atoms with Crippen molar-refractivity contribution in [3.63, 3.8) is 0 Å². The van der Waals surface area contributed by atoms with E-state index >= 15 is 0 Å². The minimum absolute atomic E-state index is 0.0170. The summed E-state index contributed by atoms with van der Waals surface area (Å²) < 4.78 is 18.2. The molecule has 0 spiro atoms. The third-order valence-corrected chi connectivity index (χ3v) is 11.3. The first kappa shape index (κ1) is 24.6. The van der Waals surface area contributed by atoms with Crippen LogP contribution in [0.3, 0.4) is 0 Å². The number of esters is 1. The van der Waals surface area contributed by atoms with E-state index in [2.05, 4.69) is 33.9 Å². The van der Waals surface area contributed by atoms with Gasteiger partial charge in [-0.1, -0.05) is 65.7 Å². The molecule has 2 aliphatic heterocycles. The molecule has 0 unspecified atom stereocenters. The Bertz CT molecular complexity index is 537. The standard InChI is InChI=1S/C24H44O4Si/c1-19-15-13-11-9-7-8-10-12-14-16-21(28-29(5,6)24(2,3)4)23-20(27-23)17-18-22(25)26-19/h17-21,23H,7-16H2,1-6H3/b18-17-/t19-,20+,21+,23-/m0/s1. The summed E-state index contributed by atoms with van der Waals surface area (Å²) in [4.78, 5) is 12.1. The van der Waals surface area contributed by atoms with E-state index in [9.17, 15) is 4.79 Å². The van der Waals surface area contributed by atoms with E-state index in [0.717, 1.165) is 19.3 Å². The zero-order valence-electron chi connectivity index (χ0n) is 19.7. The second kappa shape index (κ2) is 11.1. The molecule has 5 heteroatoms. The Morgan fingerprint density at radius 2 is 1.52 bits per heavy atom. The number of carbonyl (C=O) groups excluding carboxylic acids is 1. The van der Waals surface area contributed by atoms with E-state index in [1.54, 1.807) is 6.08 Å². The smallest absolute Gasteiger partial charge is 0.330 e. The van der Waals surface area contributed by atoms with Gasteiger partial charge in [0, 0.05) is 6.08 Å². The third kappa shape index (κ3) is 8.54. The Labute approximate surface area is 179 Å². The van der Waals surface area contributed by atoms with Crippen LogP contribution in [0.15, 0.2) is 12.2 Å². The average Bonchev–Trinajstić information content (AvgIpc) is 3.38. The Morgan fingerprint density at radius 3 is 2.10 bits per heavy atom. The molecular formula is C24H44O4Si. The van der Waals surface area contributed by atoms with Gasteiger partial charge in [-0.05, 0) is 50.4 Å². The van der Waals surface area contributed by atoms with Crippen molar-refractivity contribution in [1.29, 1.82) is 0 Å². The molecule has 0 aromatic heterocycles. The fourth-order valence-corrected chi connectivity index (χ4v) is 5.11. The van der Waals surface area contributed by atoms with Crippen LogP contribution in [-0.4, -0.2) is 38.7 Å². The number of ether oxygens (including phenoxy) is 2. The van der Waals surface area contributed by atoms with Gasteiger partial charge in [0.05, 0.1) is 12.2 Å². The predicted octanol–water partition coefficient (Wildman–Crippen LogP) is 6.55. The van der Waals surface area contributed by atoms with E-state index in [0.29, 0.717) is 0 Å². The zero-order chi connectivity index (χ0) is 21.5. The lowest BCUT2D eigenvalue weighted by molar-refractivity contribution is -0.142.